The Morgan fingerprint density at radius 3 is 1.83 bits per heavy atom. The second-order valence-corrected chi connectivity index (χ2v) is 7.95. The van der Waals surface area contributed by atoms with Crippen LogP contribution in [0.5, 0.6) is 0 Å². The van der Waals surface area contributed by atoms with E-state index in [0.717, 1.165) is 25.9 Å². The summed E-state index contributed by atoms with van der Waals surface area (Å²) in [6.07, 6.45) is 2.54. The smallest absolute Gasteiger partial charge is 0.223 e. The molecule has 0 spiro atoms. The highest BCUT2D eigenvalue weighted by Crippen LogP contribution is 2.29. The number of likely N-dealkylation sites (tertiary alicyclic amines) is 1. The van der Waals surface area contributed by atoms with Crippen LogP contribution in [0.1, 0.15) is 41.9 Å². The zero-order valence-electron chi connectivity index (χ0n) is 17.3. The van der Waals surface area contributed by atoms with Gasteiger partial charge in [0, 0.05) is 25.4 Å². The molecule has 154 valence electrons. The Morgan fingerprint density at radius 1 is 0.800 bits per heavy atom. The molecule has 3 aromatic carbocycles. The van der Waals surface area contributed by atoms with Gasteiger partial charge in [0.2, 0.25) is 5.91 Å². The lowest BCUT2D eigenvalue weighted by Gasteiger charge is -2.33. The number of benzene rings is 3. The monoisotopic (exact) mass is 399 g/mol. The minimum absolute atomic E-state index is 0.0898. The van der Waals surface area contributed by atoms with Crippen molar-refractivity contribution in [1.29, 1.82) is 0 Å². The molecule has 3 heteroatoms. The van der Waals surface area contributed by atoms with Crippen LogP contribution in [0.2, 0.25) is 0 Å². The molecule has 0 saturated carbocycles. The van der Waals surface area contributed by atoms with Crippen LogP contribution in [-0.2, 0) is 16.1 Å². The first-order chi connectivity index (χ1) is 14.8. The first kappa shape index (κ1) is 20.4. The first-order valence-electron chi connectivity index (χ1n) is 10.8. The molecule has 0 atom stereocenters. The number of hydrogen-bond acceptors (Lipinski definition) is 2. The van der Waals surface area contributed by atoms with Gasteiger partial charge in [0.1, 0.15) is 0 Å². The zero-order chi connectivity index (χ0) is 20.6. The summed E-state index contributed by atoms with van der Waals surface area (Å²) in [6.45, 7) is 2.19. The van der Waals surface area contributed by atoms with Gasteiger partial charge < -0.3 is 9.64 Å². The van der Waals surface area contributed by atoms with Gasteiger partial charge >= 0.3 is 0 Å². The second kappa shape index (κ2) is 10.2. The molecule has 30 heavy (non-hydrogen) atoms. The predicted molar refractivity (Wildman–Crippen MR) is 120 cm³/mol. The van der Waals surface area contributed by atoms with E-state index in [1.165, 1.54) is 16.7 Å². The van der Waals surface area contributed by atoms with Crippen LogP contribution in [0.25, 0.3) is 0 Å². The quantitative estimate of drug-likeness (QED) is 0.531. The maximum Gasteiger partial charge on any atom is 0.223 e. The third-order valence-electron chi connectivity index (χ3n) is 5.91. The van der Waals surface area contributed by atoms with Gasteiger partial charge in [0.15, 0.2) is 0 Å². The van der Waals surface area contributed by atoms with Crippen molar-refractivity contribution in [1.82, 2.24) is 4.90 Å². The summed E-state index contributed by atoms with van der Waals surface area (Å²) >= 11 is 0. The lowest BCUT2D eigenvalue weighted by molar-refractivity contribution is -0.134. The average Bonchev–Trinajstić information content (AvgIpc) is 2.83. The van der Waals surface area contributed by atoms with Gasteiger partial charge in [0.05, 0.1) is 12.7 Å². The minimum atomic E-state index is 0.0898. The lowest BCUT2D eigenvalue weighted by Crippen LogP contribution is -2.41. The SMILES string of the molecule is O=C(CC(c1ccccc1)c1ccccc1)N1CCC(OCc2ccccc2)CC1. The van der Waals surface area contributed by atoms with E-state index in [-0.39, 0.29) is 17.9 Å². The van der Waals surface area contributed by atoms with Crippen molar-refractivity contribution in [3.63, 3.8) is 0 Å². The number of nitrogens with zero attached hydrogens (tertiary/aromatic N) is 1. The summed E-state index contributed by atoms with van der Waals surface area (Å²) in [5, 5.41) is 0. The van der Waals surface area contributed by atoms with Gasteiger partial charge in [0.25, 0.3) is 0 Å². The van der Waals surface area contributed by atoms with Crippen LogP contribution >= 0.6 is 0 Å². The molecule has 0 aromatic heterocycles. The molecule has 0 unspecified atom stereocenters. The van der Waals surface area contributed by atoms with E-state index >= 15 is 0 Å². The Morgan fingerprint density at radius 2 is 1.30 bits per heavy atom. The van der Waals surface area contributed by atoms with E-state index in [2.05, 4.69) is 36.4 Å². The molecule has 1 fully saturated rings. The van der Waals surface area contributed by atoms with Crippen molar-refractivity contribution in [2.45, 2.75) is 37.9 Å². The van der Waals surface area contributed by atoms with Crippen LogP contribution in [-0.4, -0.2) is 30.0 Å². The van der Waals surface area contributed by atoms with Crippen LogP contribution in [0, 0.1) is 0 Å². The molecule has 1 amide bonds. The van der Waals surface area contributed by atoms with Crippen molar-refractivity contribution in [2.24, 2.45) is 0 Å². The number of rotatable bonds is 7. The largest absolute Gasteiger partial charge is 0.373 e. The van der Waals surface area contributed by atoms with Gasteiger partial charge in [-0.3, -0.25) is 4.79 Å². The van der Waals surface area contributed by atoms with Crippen LogP contribution in [0.3, 0.4) is 0 Å². The molecule has 1 aliphatic rings. The first-order valence-corrected chi connectivity index (χ1v) is 10.8. The van der Waals surface area contributed by atoms with Gasteiger partial charge in [-0.2, -0.15) is 0 Å². The summed E-state index contributed by atoms with van der Waals surface area (Å²) < 4.78 is 6.08. The normalized spacial score (nSPS) is 14.8. The predicted octanol–water partition coefficient (Wildman–Crippen LogP) is 5.42. The molecule has 3 aromatic rings. The zero-order valence-corrected chi connectivity index (χ0v) is 17.3. The summed E-state index contributed by atoms with van der Waals surface area (Å²) in [6, 6.07) is 31.0. The van der Waals surface area contributed by atoms with Gasteiger partial charge in [-0.05, 0) is 29.5 Å². The summed E-state index contributed by atoms with van der Waals surface area (Å²) in [5.41, 5.74) is 3.58. The Bertz CT molecular complexity index is 864. The molecule has 0 bridgehead atoms. The standard InChI is InChI=1S/C27H29NO2/c29-27(20-26(23-12-6-2-7-13-23)24-14-8-3-9-15-24)28-18-16-25(17-19-28)30-21-22-10-4-1-5-11-22/h1-15,25-26H,16-21H2. The van der Waals surface area contributed by atoms with E-state index < -0.39 is 0 Å². The molecule has 1 aliphatic heterocycles. The average molecular weight is 400 g/mol. The van der Waals surface area contributed by atoms with Gasteiger partial charge in [-0.1, -0.05) is 91.0 Å². The summed E-state index contributed by atoms with van der Waals surface area (Å²) in [4.78, 5) is 15.1. The van der Waals surface area contributed by atoms with E-state index in [1.54, 1.807) is 0 Å². The van der Waals surface area contributed by atoms with Crippen molar-refractivity contribution in [3.05, 3.63) is 108 Å². The maximum atomic E-state index is 13.1. The molecule has 4 rings (SSSR count). The fraction of sp³-hybridized carbons (Fsp3) is 0.296. The van der Waals surface area contributed by atoms with Crippen molar-refractivity contribution < 1.29 is 9.53 Å². The highest BCUT2D eigenvalue weighted by Gasteiger charge is 2.26. The second-order valence-electron chi connectivity index (χ2n) is 7.95. The Labute approximate surface area is 179 Å². The van der Waals surface area contributed by atoms with Gasteiger partial charge in [-0.15, -0.1) is 0 Å². The fourth-order valence-corrected chi connectivity index (χ4v) is 4.16. The van der Waals surface area contributed by atoms with E-state index in [0.29, 0.717) is 13.0 Å². The van der Waals surface area contributed by atoms with Gasteiger partial charge in [-0.25, -0.2) is 0 Å². The number of amides is 1. The molecule has 1 saturated heterocycles. The van der Waals surface area contributed by atoms with Crippen molar-refractivity contribution in [2.75, 3.05) is 13.1 Å². The molecule has 3 nitrogen and oxygen atoms in total. The Kier molecular flexibility index (Phi) is 6.94. The third-order valence-corrected chi connectivity index (χ3v) is 5.91. The third kappa shape index (κ3) is 5.37. The Hall–Kier alpha value is -2.91. The van der Waals surface area contributed by atoms with Crippen molar-refractivity contribution >= 4 is 5.91 Å². The molecule has 0 radical (unpaired) electrons. The Balaban J connectivity index is 1.34. The molecule has 1 heterocycles. The highest BCUT2D eigenvalue weighted by molar-refractivity contribution is 5.78. The van der Waals surface area contributed by atoms with E-state index in [9.17, 15) is 4.79 Å². The minimum Gasteiger partial charge on any atom is -0.373 e. The topological polar surface area (TPSA) is 29.5 Å². The van der Waals surface area contributed by atoms with Crippen molar-refractivity contribution in [3.8, 4) is 0 Å². The van der Waals surface area contributed by atoms with E-state index in [1.807, 2.05) is 59.5 Å². The number of ether oxygens (including phenoxy) is 1. The van der Waals surface area contributed by atoms with Crippen LogP contribution in [0.15, 0.2) is 91.0 Å². The maximum absolute atomic E-state index is 13.1. The number of carbonyl (C=O) groups excluding carboxylic acids is 1. The fourth-order valence-electron chi connectivity index (χ4n) is 4.16. The van der Waals surface area contributed by atoms with E-state index in [4.69, 9.17) is 4.74 Å². The number of piperidine rings is 1. The summed E-state index contributed by atoms with van der Waals surface area (Å²) in [7, 11) is 0. The lowest BCUT2D eigenvalue weighted by atomic mass is 9.88. The van der Waals surface area contributed by atoms with Crippen LogP contribution < -0.4 is 0 Å². The molecule has 0 aliphatic carbocycles. The number of hydrogen-bond donors (Lipinski definition) is 0. The molecular weight excluding hydrogens is 370 g/mol. The highest BCUT2D eigenvalue weighted by atomic mass is 16.5. The summed E-state index contributed by atoms with van der Waals surface area (Å²) in [5.74, 6) is 0.321. The number of carbonyl (C=O) groups is 1. The molecule has 0 N–H and O–H groups in total. The van der Waals surface area contributed by atoms with Crippen LogP contribution in [0.4, 0.5) is 0 Å². The molecular formula is C27H29NO2.